The highest BCUT2D eigenvalue weighted by Gasteiger charge is 2.07. The molecule has 0 fully saturated rings. The first-order valence-corrected chi connectivity index (χ1v) is 5.29. The van der Waals surface area contributed by atoms with Crippen molar-refractivity contribution in [3.63, 3.8) is 0 Å². The van der Waals surface area contributed by atoms with Gasteiger partial charge in [-0.15, -0.1) is 0 Å². The number of unbranched alkanes of at least 4 members (excludes halogenated alkanes) is 1. The lowest BCUT2D eigenvalue weighted by molar-refractivity contribution is 0.438. The van der Waals surface area contributed by atoms with E-state index in [9.17, 15) is 0 Å². The number of rotatable bonds is 5. The van der Waals surface area contributed by atoms with Crippen LogP contribution >= 0.6 is 0 Å². The zero-order valence-corrected chi connectivity index (χ0v) is 8.18. The first kappa shape index (κ1) is 9.79. The van der Waals surface area contributed by atoms with Crippen molar-refractivity contribution in [2.45, 2.75) is 39.0 Å². The van der Waals surface area contributed by atoms with Crippen LogP contribution in [0.1, 0.15) is 39.0 Å². The molecule has 0 aliphatic heterocycles. The molecule has 1 aliphatic rings. The SMILES string of the molecule is CCCCNCC1CC=CCC1. The fraction of sp³-hybridized carbons (Fsp3) is 0.818. The van der Waals surface area contributed by atoms with Gasteiger partial charge in [-0.25, -0.2) is 0 Å². The van der Waals surface area contributed by atoms with Gasteiger partial charge < -0.3 is 5.32 Å². The molecule has 70 valence electrons. The second kappa shape index (κ2) is 6.24. The fourth-order valence-electron chi connectivity index (χ4n) is 1.65. The van der Waals surface area contributed by atoms with Gasteiger partial charge in [0.15, 0.2) is 0 Å². The van der Waals surface area contributed by atoms with Crippen LogP contribution < -0.4 is 5.32 Å². The van der Waals surface area contributed by atoms with Crippen molar-refractivity contribution in [3.8, 4) is 0 Å². The highest BCUT2D eigenvalue weighted by Crippen LogP contribution is 2.16. The van der Waals surface area contributed by atoms with Crippen LogP contribution in [0.15, 0.2) is 12.2 Å². The molecule has 1 rings (SSSR count). The van der Waals surface area contributed by atoms with E-state index in [1.807, 2.05) is 0 Å². The molecule has 0 saturated heterocycles. The maximum absolute atomic E-state index is 3.52. The summed E-state index contributed by atoms with van der Waals surface area (Å²) < 4.78 is 0. The summed E-state index contributed by atoms with van der Waals surface area (Å²) in [6.45, 7) is 4.67. The van der Waals surface area contributed by atoms with Gasteiger partial charge >= 0.3 is 0 Å². The molecule has 0 spiro atoms. The van der Waals surface area contributed by atoms with E-state index in [0.29, 0.717) is 0 Å². The van der Waals surface area contributed by atoms with Crippen LogP contribution in [0.4, 0.5) is 0 Å². The lowest BCUT2D eigenvalue weighted by Crippen LogP contribution is -2.24. The first-order chi connectivity index (χ1) is 5.93. The van der Waals surface area contributed by atoms with Crippen molar-refractivity contribution in [2.75, 3.05) is 13.1 Å². The smallest absolute Gasteiger partial charge is 0.00174 e. The van der Waals surface area contributed by atoms with Gasteiger partial charge in [-0.2, -0.15) is 0 Å². The van der Waals surface area contributed by atoms with Gasteiger partial charge in [-0.3, -0.25) is 0 Å². The normalized spacial score (nSPS) is 22.9. The summed E-state index contributed by atoms with van der Waals surface area (Å²) in [6.07, 6.45) is 11.2. The van der Waals surface area contributed by atoms with Crippen molar-refractivity contribution in [2.24, 2.45) is 5.92 Å². The Morgan fingerprint density at radius 2 is 2.33 bits per heavy atom. The van der Waals surface area contributed by atoms with Crippen molar-refractivity contribution in [1.82, 2.24) is 5.32 Å². The Bertz CT molecular complexity index is 129. The van der Waals surface area contributed by atoms with Crippen molar-refractivity contribution in [3.05, 3.63) is 12.2 Å². The number of hydrogen-bond donors (Lipinski definition) is 1. The Kier molecular flexibility index (Phi) is 5.09. The molecule has 0 aromatic carbocycles. The third-order valence-corrected chi connectivity index (χ3v) is 2.52. The molecule has 0 radical (unpaired) electrons. The Morgan fingerprint density at radius 1 is 1.42 bits per heavy atom. The van der Waals surface area contributed by atoms with Crippen LogP contribution in [0.3, 0.4) is 0 Å². The molecule has 1 heteroatoms. The number of hydrogen-bond acceptors (Lipinski definition) is 1. The topological polar surface area (TPSA) is 12.0 Å². The molecule has 0 aromatic heterocycles. The van der Waals surface area contributed by atoms with Gasteiger partial charge in [0.25, 0.3) is 0 Å². The van der Waals surface area contributed by atoms with Gasteiger partial charge in [0, 0.05) is 0 Å². The minimum absolute atomic E-state index is 0.909. The average molecular weight is 167 g/mol. The van der Waals surface area contributed by atoms with Gasteiger partial charge in [0.1, 0.15) is 0 Å². The maximum Gasteiger partial charge on any atom is -0.00174 e. The van der Waals surface area contributed by atoms with E-state index in [1.165, 1.54) is 45.2 Å². The summed E-state index contributed by atoms with van der Waals surface area (Å²) in [5.74, 6) is 0.909. The first-order valence-electron chi connectivity index (χ1n) is 5.29. The van der Waals surface area contributed by atoms with Crippen molar-refractivity contribution in [1.29, 1.82) is 0 Å². The van der Waals surface area contributed by atoms with E-state index in [1.54, 1.807) is 0 Å². The summed E-state index contributed by atoms with van der Waals surface area (Å²) >= 11 is 0. The lowest BCUT2D eigenvalue weighted by Gasteiger charge is -2.17. The van der Waals surface area contributed by atoms with Crippen molar-refractivity contribution < 1.29 is 0 Å². The highest BCUT2D eigenvalue weighted by atomic mass is 14.8. The third-order valence-electron chi connectivity index (χ3n) is 2.52. The van der Waals surface area contributed by atoms with Crippen LogP contribution in [0.5, 0.6) is 0 Å². The van der Waals surface area contributed by atoms with E-state index in [0.717, 1.165) is 5.92 Å². The standard InChI is InChI=1S/C11H21N/c1-2-3-9-12-10-11-7-5-4-6-8-11/h4-5,11-12H,2-3,6-10H2,1H3. The maximum atomic E-state index is 3.52. The molecule has 1 aliphatic carbocycles. The average Bonchev–Trinajstić information content (AvgIpc) is 2.14. The Labute approximate surface area is 76.2 Å². The summed E-state index contributed by atoms with van der Waals surface area (Å²) in [4.78, 5) is 0. The quantitative estimate of drug-likeness (QED) is 0.490. The van der Waals surface area contributed by atoms with Crippen LogP contribution in [0, 0.1) is 5.92 Å². The highest BCUT2D eigenvalue weighted by molar-refractivity contribution is 4.90. The molecule has 12 heavy (non-hydrogen) atoms. The summed E-state index contributed by atoms with van der Waals surface area (Å²) in [5, 5.41) is 3.52. The summed E-state index contributed by atoms with van der Waals surface area (Å²) in [6, 6.07) is 0. The van der Waals surface area contributed by atoms with Gasteiger partial charge in [-0.1, -0.05) is 25.5 Å². The van der Waals surface area contributed by atoms with Crippen LogP contribution in [-0.2, 0) is 0 Å². The molecular formula is C11H21N. The monoisotopic (exact) mass is 167 g/mol. The molecule has 1 unspecified atom stereocenters. The van der Waals surface area contributed by atoms with E-state index in [2.05, 4.69) is 24.4 Å². The molecule has 0 amide bonds. The second-order valence-electron chi connectivity index (χ2n) is 3.71. The van der Waals surface area contributed by atoms with Crippen LogP contribution in [0.25, 0.3) is 0 Å². The Hall–Kier alpha value is -0.300. The molecule has 0 aromatic rings. The van der Waals surface area contributed by atoms with Crippen LogP contribution in [0.2, 0.25) is 0 Å². The van der Waals surface area contributed by atoms with E-state index < -0.39 is 0 Å². The predicted molar refractivity (Wildman–Crippen MR) is 54.3 cm³/mol. The van der Waals surface area contributed by atoms with Gasteiger partial charge in [-0.05, 0) is 44.7 Å². The summed E-state index contributed by atoms with van der Waals surface area (Å²) in [5.41, 5.74) is 0. The van der Waals surface area contributed by atoms with E-state index in [-0.39, 0.29) is 0 Å². The minimum atomic E-state index is 0.909. The Morgan fingerprint density at radius 3 is 3.00 bits per heavy atom. The molecule has 1 nitrogen and oxygen atoms in total. The van der Waals surface area contributed by atoms with Gasteiger partial charge in [0.2, 0.25) is 0 Å². The van der Waals surface area contributed by atoms with Crippen molar-refractivity contribution >= 4 is 0 Å². The molecule has 1 N–H and O–H groups in total. The lowest BCUT2D eigenvalue weighted by atomic mass is 9.94. The zero-order valence-electron chi connectivity index (χ0n) is 8.18. The minimum Gasteiger partial charge on any atom is -0.316 e. The van der Waals surface area contributed by atoms with E-state index >= 15 is 0 Å². The molecule has 1 atom stereocenters. The van der Waals surface area contributed by atoms with E-state index in [4.69, 9.17) is 0 Å². The predicted octanol–water partition coefficient (Wildman–Crippen LogP) is 2.73. The Balaban J connectivity index is 1.95. The molecule has 0 saturated carbocycles. The fourth-order valence-corrected chi connectivity index (χ4v) is 1.65. The van der Waals surface area contributed by atoms with Crippen LogP contribution in [-0.4, -0.2) is 13.1 Å². The molecule has 0 bridgehead atoms. The second-order valence-corrected chi connectivity index (χ2v) is 3.71. The summed E-state index contributed by atoms with van der Waals surface area (Å²) in [7, 11) is 0. The third kappa shape index (κ3) is 3.91. The largest absolute Gasteiger partial charge is 0.316 e. The zero-order chi connectivity index (χ0) is 8.65. The van der Waals surface area contributed by atoms with Gasteiger partial charge in [0.05, 0.1) is 0 Å². The molecule has 0 heterocycles. The number of nitrogens with one attached hydrogen (secondary N) is 1. The number of allylic oxidation sites excluding steroid dienone is 2. The molecular weight excluding hydrogens is 146 g/mol.